The molecule has 0 amide bonds. The molecule has 2 rings (SSSR count). The highest BCUT2D eigenvalue weighted by atomic mass is 32.2. The summed E-state index contributed by atoms with van der Waals surface area (Å²) in [5.74, 6) is 0.510. The normalized spacial score (nSPS) is 28.9. The Morgan fingerprint density at radius 2 is 2.00 bits per heavy atom. The maximum absolute atomic E-state index is 12.0. The topological polar surface area (TPSA) is 17.1 Å². The molecule has 96 valence electrons. The van der Waals surface area contributed by atoms with Crippen LogP contribution in [0.5, 0.6) is 0 Å². The smallest absolute Gasteiger partial charge is 0.145 e. The van der Waals surface area contributed by atoms with Gasteiger partial charge >= 0.3 is 0 Å². The van der Waals surface area contributed by atoms with Crippen LogP contribution in [0, 0.1) is 0 Å². The lowest BCUT2D eigenvalue weighted by atomic mass is 9.86. The van der Waals surface area contributed by atoms with Crippen LogP contribution in [0.15, 0.2) is 12.7 Å². The Morgan fingerprint density at radius 3 is 2.65 bits per heavy atom. The van der Waals surface area contributed by atoms with Gasteiger partial charge in [0.1, 0.15) is 5.78 Å². The van der Waals surface area contributed by atoms with Gasteiger partial charge in [-0.15, -0.1) is 18.3 Å². The van der Waals surface area contributed by atoms with Gasteiger partial charge in [0, 0.05) is 11.2 Å². The molecule has 0 aromatic rings. The van der Waals surface area contributed by atoms with Gasteiger partial charge in [-0.3, -0.25) is 4.79 Å². The highest BCUT2D eigenvalue weighted by Crippen LogP contribution is 2.46. The van der Waals surface area contributed by atoms with E-state index in [1.807, 2.05) is 11.8 Å². The van der Waals surface area contributed by atoms with Gasteiger partial charge < -0.3 is 0 Å². The van der Waals surface area contributed by atoms with E-state index < -0.39 is 0 Å². The molecule has 0 radical (unpaired) electrons. The molecule has 0 heterocycles. The molecule has 2 saturated carbocycles. The molecule has 2 heteroatoms. The zero-order valence-corrected chi connectivity index (χ0v) is 11.6. The first kappa shape index (κ1) is 13.2. The lowest BCUT2D eigenvalue weighted by Gasteiger charge is -2.39. The molecule has 2 fully saturated rings. The van der Waals surface area contributed by atoms with Gasteiger partial charge in [-0.2, -0.15) is 0 Å². The largest absolute Gasteiger partial charge is 0.298 e. The van der Waals surface area contributed by atoms with Crippen molar-refractivity contribution in [2.24, 2.45) is 0 Å². The van der Waals surface area contributed by atoms with Crippen molar-refractivity contribution in [3.8, 4) is 0 Å². The van der Waals surface area contributed by atoms with Gasteiger partial charge in [-0.25, -0.2) is 0 Å². The summed E-state index contributed by atoms with van der Waals surface area (Å²) in [5, 5.41) is 0.293. The maximum Gasteiger partial charge on any atom is 0.145 e. The third kappa shape index (κ3) is 3.37. The van der Waals surface area contributed by atoms with Crippen LogP contribution in [0.1, 0.15) is 64.2 Å². The zero-order valence-electron chi connectivity index (χ0n) is 10.7. The minimum Gasteiger partial charge on any atom is -0.298 e. The Kier molecular flexibility index (Phi) is 4.72. The first-order chi connectivity index (χ1) is 8.26. The summed E-state index contributed by atoms with van der Waals surface area (Å²) >= 11 is 2.00. The molecule has 17 heavy (non-hydrogen) atoms. The summed E-state index contributed by atoms with van der Waals surface area (Å²) in [4.78, 5) is 12.0. The average Bonchev–Trinajstić information content (AvgIpc) is 2.34. The number of thioether (sulfide) groups is 1. The molecule has 2 aliphatic rings. The highest BCUT2D eigenvalue weighted by molar-refractivity contribution is 8.02. The number of rotatable bonds is 4. The molecule has 2 aliphatic carbocycles. The van der Waals surface area contributed by atoms with Crippen molar-refractivity contribution in [3.63, 3.8) is 0 Å². The first-order valence-electron chi connectivity index (χ1n) is 7.07. The van der Waals surface area contributed by atoms with Gasteiger partial charge in [0.2, 0.25) is 0 Å². The molecule has 1 nitrogen and oxygen atoms in total. The van der Waals surface area contributed by atoms with Gasteiger partial charge in [0.25, 0.3) is 0 Å². The maximum atomic E-state index is 12.0. The number of hydrogen-bond acceptors (Lipinski definition) is 2. The summed E-state index contributed by atoms with van der Waals surface area (Å²) in [7, 11) is 0. The number of ketones is 1. The quantitative estimate of drug-likeness (QED) is 0.685. The number of Topliss-reactive ketones (excluding diaryl/α,β-unsaturated/α-hetero) is 1. The van der Waals surface area contributed by atoms with E-state index in [0.717, 1.165) is 25.7 Å². The molecule has 0 aromatic carbocycles. The molecule has 0 N–H and O–H groups in total. The molecule has 1 atom stereocenters. The molecule has 0 spiro atoms. The molecule has 0 bridgehead atoms. The summed E-state index contributed by atoms with van der Waals surface area (Å²) in [6, 6.07) is 0. The fourth-order valence-electron chi connectivity index (χ4n) is 3.21. The molecular weight excluding hydrogens is 228 g/mol. The van der Waals surface area contributed by atoms with E-state index in [1.54, 1.807) is 0 Å². The summed E-state index contributed by atoms with van der Waals surface area (Å²) in [5.41, 5.74) is 0. The Balaban J connectivity index is 2.00. The van der Waals surface area contributed by atoms with Crippen LogP contribution in [0.2, 0.25) is 0 Å². The zero-order chi connectivity index (χ0) is 12.1. The van der Waals surface area contributed by atoms with Crippen LogP contribution in [0.4, 0.5) is 0 Å². The first-order valence-corrected chi connectivity index (χ1v) is 7.95. The lowest BCUT2D eigenvalue weighted by molar-refractivity contribution is -0.119. The van der Waals surface area contributed by atoms with Gasteiger partial charge in [0.05, 0.1) is 5.25 Å². The fourth-order valence-corrected chi connectivity index (χ4v) is 5.08. The Bertz CT molecular complexity index is 279. The van der Waals surface area contributed by atoms with Crippen LogP contribution < -0.4 is 0 Å². The second-order valence-corrected chi connectivity index (χ2v) is 7.23. The highest BCUT2D eigenvalue weighted by Gasteiger charge is 2.36. The Labute approximate surface area is 109 Å². The van der Waals surface area contributed by atoms with Crippen molar-refractivity contribution in [1.29, 1.82) is 0 Å². The van der Waals surface area contributed by atoms with Crippen molar-refractivity contribution >= 4 is 17.5 Å². The van der Waals surface area contributed by atoms with Gasteiger partial charge in [-0.1, -0.05) is 31.8 Å². The van der Waals surface area contributed by atoms with Crippen molar-refractivity contribution < 1.29 is 4.79 Å². The third-order valence-electron chi connectivity index (χ3n) is 4.17. The molecule has 0 saturated heterocycles. The Hall–Kier alpha value is -0.240. The SMILES string of the molecule is C=CCC1(SC2CCCCC2=O)CCCCC1. The number of carbonyl (C=O) groups is 1. The van der Waals surface area contributed by atoms with E-state index in [1.165, 1.54) is 38.5 Å². The van der Waals surface area contributed by atoms with Gasteiger partial charge in [-0.05, 0) is 32.1 Å². The average molecular weight is 252 g/mol. The molecule has 1 unspecified atom stereocenters. The monoisotopic (exact) mass is 252 g/mol. The van der Waals surface area contributed by atoms with Crippen molar-refractivity contribution in [1.82, 2.24) is 0 Å². The van der Waals surface area contributed by atoms with Crippen LogP contribution in [-0.2, 0) is 4.79 Å². The van der Waals surface area contributed by atoms with Crippen LogP contribution in [0.25, 0.3) is 0 Å². The summed E-state index contributed by atoms with van der Waals surface area (Å²) in [6.07, 6.45) is 14.1. The van der Waals surface area contributed by atoms with Crippen LogP contribution in [-0.4, -0.2) is 15.8 Å². The third-order valence-corrected chi connectivity index (χ3v) is 6.03. The van der Waals surface area contributed by atoms with Crippen molar-refractivity contribution in [2.45, 2.75) is 74.2 Å². The van der Waals surface area contributed by atoms with E-state index in [-0.39, 0.29) is 0 Å². The molecular formula is C15H24OS. The summed E-state index contributed by atoms with van der Waals surface area (Å²) < 4.78 is 0.345. The van der Waals surface area contributed by atoms with Crippen molar-refractivity contribution in [2.75, 3.05) is 0 Å². The number of allylic oxidation sites excluding steroid dienone is 1. The lowest BCUT2D eigenvalue weighted by Crippen LogP contribution is -2.33. The number of carbonyl (C=O) groups excluding carboxylic acids is 1. The van der Waals surface area contributed by atoms with E-state index >= 15 is 0 Å². The van der Waals surface area contributed by atoms with E-state index in [0.29, 0.717) is 15.8 Å². The van der Waals surface area contributed by atoms with E-state index in [4.69, 9.17) is 0 Å². The molecule has 0 aromatic heterocycles. The number of hydrogen-bond donors (Lipinski definition) is 0. The Morgan fingerprint density at radius 1 is 1.24 bits per heavy atom. The fraction of sp³-hybridized carbons (Fsp3) is 0.800. The van der Waals surface area contributed by atoms with Gasteiger partial charge in [0.15, 0.2) is 0 Å². The molecule has 0 aliphatic heterocycles. The second kappa shape index (κ2) is 6.08. The van der Waals surface area contributed by atoms with E-state index in [2.05, 4.69) is 12.7 Å². The minimum atomic E-state index is 0.293. The standard InChI is InChI=1S/C15H24OS/c1-2-10-15(11-6-3-7-12-15)17-14-9-5-4-8-13(14)16/h2,14H,1,3-12H2. The van der Waals surface area contributed by atoms with Crippen molar-refractivity contribution in [3.05, 3.63) is 12.7 Å². The predicted octanol–water partition coefficient (Wildman–Crippen LogP) is 4.51. The van der Waals surface area contributed by atoms with Crippen LogP contribution >= 0.6 is 11.8 Å². The van der Waals surface area contributed by atoms with Crippen LogP contribution in [0.3, 0.4) is 0 Å². The minimum absolute atomic E-state index is 0.293. The predicted molar refractivity (Wildman–Crippen MR) is 75.5 cm³/mol. The van der Waals surface area contributed by atoms with E-state index in [9.17, 15) is 4.79 Å². The second-order valence-electron chi connectivity index (χ2n) is 5.56. The summed E-state index contributed by atoms with van der Waals surface area (Å²) in [6.45, 7) is 3.91.